The molecule has 0 atom stereocenters. The van der Waals surface area contributed by atoms with E-state index in [0.717, 1.165) is 12.8 Å². The number of likely N-dealkylation sites (tertiary alicyclic amines) is 1. The largest absolute Gasteiger partial charge is 0.335 e. The molecule has 7 heteroatoms. The standard InChI is InChI=1S/C16H18N4O3/c21-14-12-2-1-7-17-13(12)15(22)20(14)11-5-8-19(9-6-11)16(23)18-10-3-4-10/h1-2,7,10-11H,3-6,8-9H2,(H,18,23). The molecule has 3 heterocycles. The minimum absolute atomic E-state index is 0.0324. The summed E-state index contributed by atoms with van der Waals surface area (Å²) in [5, 5.41) is 2.97. The summed E-state index contributed by atoms with van der Waals surface area (Å²) in [6.45, 7) is 1.12. The predicted octanol–water partition coefficient (Wildman–Crippen LogP) is 1.01. The summed E-state index contributed by atoms with van der Waals surface area (Å²) in [6, 6.07) is 3.45. The van der Waals surface area contributed by atoms with Gasteiger partial charge in [-0.05, 0) is 37.8 Å². The molecule has 0 aromatic carbocycles. The molecule has 4 rings (SSSR count). The molecule has 0 bridgehead atoms. The maximum Gasteiger partial charge on any atom is 0.317 e. The average molecular weight is 314 g/mol. The van der Waals surface area contributed by atoms with Crippen molar-refractivity contribution in [1.82, 2.24) is 20.1 Å². The monoisotopic (exact) mass is 314 g/mol. The van der Waals surface area contributed by atoms with Crippen molar-refractivity contribution in [3.63, 3.8) is 0 Å². The topological polar surface area (TPSA) is 82.6 Å². The molecule has 1 saturated carbocycles. The van der Waals surface area contributed by atoms with Gasteiger partial charge < -0.3 is 10.2 Å². The fraction of sp³-hybridized carbons (Fsp3) is 0.500. The van der Waals surface area contributed by atoms with Crippen LogP contribution in [0.1, 0.15) is 46.5 Å². The first-order valence-electron chi connectivity index (χ1n) is 8.03. The Hall–Kier alpha value is -2.44. The fourth-order valence-electron chi connectivity index (χ4n) is 3.24. The first kappa shape index (κ1) is 14.2. The zero-order chi connectivity index (χ0) is 16.0. The molecular formula is C16H18N4O3. The van der Waals surface area contributed by atoms with Gasteiger partial charge in [-0.15, -0.1) is 0 Å². The number of hydrogen-bond donors (Lipinski definition) is 1. The van der Waals surface area contributed by atoms with E-state index in [2.05, 4.69) is 10.3 Å². The number of carbonyl (C=O) groups excluding carboxylic acids is 3. The van der Waals surface area contributed by atoms with Crippen molar-refractivity contribution in [3.8, 4) is 0 Å². The molecule has 2 fully saturated rings. The van der Waals surface area contributed by atoms with Crippen LogP contribution in [0.5, 0.6) is 0 Å². The highest BCUT2D eigenvalue weighted by atomic mass is 16.2. The second kappa shape index (κ2) is 5.33. The maximum absolute atomic E-state index is 12.4. The lowest BCUT2D eigenvalue weighted by Gasteiger charge is -2.35. The van der Waals surface area contributed by atoms with Crippen LogP contribution < -0.4 is 5.32 Å². The van der Waals surface area contributed by atoms with Crippen molar-refractivity contribution < 1.29 is 14.4 Å². The van der Waals surface area contributed by atoms with Crippen molar-refractivity contribution in [2.45, 2.75) is 37.8 Å². The molecule has 7 nitrogen and oxygen atoms in total. The molecule has 0 radical (unpaired) electrons. The van der Waals surface area contributed by atoms with Crippen LogP contribution in [0.3, 0.4) is 0 Å². The van der Waals surface area contributed by atoms with Gasteiger partial charge in [0.25, 0.3) is 11.8 Å². The van der Waals surface area contributed by atoms with Gasteiger partial charge in [0.05, 0.1) is 5.56 Å². The second-order valence-corrected chi connectivity index (χ2v) is 6.32. The van der Waals surface area contributed by atoms with Gasteiger partial charge in [-0.1, -0.05) is 0 Å². The third-order valence-electron chi connectivity index (χ3n) is 4.70. The number of rotatable bonds is 2. The third-order valence-corrected chi connectivity index (χ3v) is 4.70. The summed E-state index contributed by atoms with van der Waals surface area (Å²) < 4.78 is 0. The molecular weight excluding hydrogens is 296 g/mol. The Morgan fingerprint density at radius 1 is 1.13 bits per heavy atom. The number of hydrogen-bond acceptors (Lipinski definition) is 4. The molecule has 1 aromatic heterocycles. The van der Waals surface area contributed by atoms with Crippen LogP contribution in [0, 0.1) is 0 Å². The lowest BCUT2D eigenvalue weighted by Crippen LogP contribution is -2.51. The molecule has 2 aliphatic heterocycles. The number of urea groups is 1. The molecule has 1 aromatic rings. The van der Waals surface area contributed by atoms with Crippen molar-refractivity contribution >= 4 is 17.8 Å². The fourth-order valence-corrected chi connectivity index (χ4v) is 3.24. The van der Waals surface area contributed by atoms with E-state index in [0.29, 0.717) is 37.5 Å². The number of pyridine rings is 1. The van der Waals surface area contributed by atoms with Crippen molar-refractivity contribution in [1.29, 1.82) is 0 Å². The molecule has 1 saturated heterocycles. The van der Waals surface area contributed by atoms with Crippen molar-refractivity contribution in [3.05, 3.63) is 29.6 Å². The normalized spacial score (nSPS) is 21.6. The first-order valence-corrected chi connectivity index (χ1v) is 8.03. The van der Waals surface area contributed by atoms with E-state index in [1.807, 2.05) is 0 Å². The average Bonchev–Trinajstić information content (AvgIpc) is 3.35. The van der Waals surface area contributed by atoms with Crippen LogP contribution in [-0.4, -0.2) is 57.8 Å². The molecule has 23 heavy (non-hydrogen) atoms. The smallest absolute Gasteiger partial charge is 0.317 e. The lowest BCUT2D eigenvalue weighted by molar-refractivity contribution is 0.0520. The summed E-state index contributed by atoms with van der Waals surface area (Å²) in [5.41, 5.74) is 0.623. The van der Waals surface area contributed by atoms with Gasteiger partial charge in [-0.2, -0.15) is 0 Å². The van der Waals surface area contributed by atoms with E-state index < -0.39 is 0 Å². The van der Waals surface area contributed by atoms with Crippen molar-refractivity contribution in [2.75, 3.05) is 13.1 Å². The van der Waals surface area contributed by atoms with Crippen LogP contribution in [-0.2, 0) is 0 Å². The van der Waals surface area contributed by atoms with E-state index in [-0.39, 0.29) is 29.6 Å². The number of amides is 4. The SMILES string of the molecule is O=C(NC1CC1)N1CCC(N2C(=O)c3cccnc3C2=O)CC1. The molecule has 0 unspecified atom stereocenters. The Labute approximate surface area is 133 Å². The molecule has 1 N–H and O–H groups in total. The number of nitrogens with zero attached hydrogens (tertiary/aromatic N) is 3. The quantitative estimate of drug-likeness (QED) is 0.826. The Bertz CT molecular complexity index is 643. The van der Waals surface area contributed by atoms with Crippen LogP contribution in [0.2, 0.25) is 0 Å². The predicted molar refractivity (Wildman–Crippen MR) is 80.9 cm³/mol. The summed E-state index contributed by atoms with van der Waals surface area (Å²) in [5.74, 6) is -0.578. The van der Waals surface area contributed by atoms with E-state index in [1.54, 1.807) is 17.0 Å². The summed E-state index contributed by atoms with van der Waals surface area (Å²) in [6.07, 6.45) is 4.87. The number of piperidine rings is 1. The summed E-state index contributed by atoms with van der Waals surface area (Å²) in [4.78, 5) is 44.0. The molecule has 0 spiro atoms. The summed E-state index contributed by atoms with van der Waals surface area (Å²) in [7, 11) is 0. The first-order chi connectivity index (χ1) is 11.1. The molecule has 3 aliphatic rings. The van der Waals surface area contributed by atoms with E-state index >= 15 is 0 Å². The van der Waals surface area contributed by atoms with Gasteiger partial charge in [-0.3, -0.25) is 19.5 Å². The van der Waals surface area contributed by atoms with E-state index in [1.165, 1.54) is 11.1 Å². The number of aromatic nitrogens is 1. The number of nitrogens with one attached hydrogen (secondary N) is 1. The minimum atomic E-state index is -0.313. The van der Waals surface area contributed by atoms with Gasteiger partial charge in [-0.25, -0.2) is 4.79 Å². The summed E-state index contributed by atoms with van der Waals surface area (Å²) >= 11 is 0. The number of fused-ring (bicyclic) bond motifs is 1. The van der Waals surface area contributed by atoms with Crippen molar-refractivity contribution in [2.24, 2.45) is 0 Å². The van der Waals surface area contributed by atoms with Gasteiger partial charge in [0.1, 0.15) is 5.69 Å². The van der Waals surface area contributed by atoms with Crippen LogP contribution in [0.15, 0.2) is 18.3 Å². The molecule has 4 amide bonds. The zero-order valence-electron chi connectivity index (χ0n) is 12.7. The maximum atomic E-state index is 12.4. The number of imide groups is 1. The Balaban J connectivity index is 1.42. The Morgan fingerprint density at radius 2 is 1.87 bits per heavy atom. The Morgan fingerprint density at radius 3 is 2.52 bits per heavy atom. The minimum Gasteiger partial charge on any atom is -0.335 e. The van der Waals surface area contributed by atoms with Crippen LogP contribution >= 0.6 is 0 Å². The van der Waals surface area contributed by atoms with Crippen LogP contribution in [0.4, 0.5) is 4.79 Å². The van der Waals surface area contributed by atoms with Crippen LogP contribution in [0.25, 0.3) is 0 Å². The highest BCUT2D eigenvalue weighted by molar-refractivity contribution is 6.20. The zero-order valence-corrected chi connectivity index (χ0v) is 12.7. The molecule has 1 aliphatic carbocycles. The van der Waals surface area contributed by atoms with Gasteiger partial charge >= 0.3 is 6.03 Å². The second-order valence-electron chi connectivity index (χ2n) is 6.32. The van der Waals surface area contributed by atoms with E-state index in [4.69, 9.17) is 0 Å². The third kappa shape index (κ3) is 2.46. The highest BCUT2D eigenvalue weighted by Gasteiger charge is 2.42. The highest BCUT2D eigenvalue weighted by Crippen LogP contribution is 2.27. The Kier molecular flexibility index (Phi) is 3.28. The van der Waals surface area contributed by atoms with Gasteiger partial charge in [0.2, 0.25) is 0 Å². The van der Waals surface area contributed by atoms with E-state index in [9.17, 15) is 14.4 Å². The van der Waals surface area contributed by atoms with Gasteiger partial charge in [0.15, 0.2) is 0 Å². The lowest BCUT2D eigenvalue weighted by atomic mass is 10.0. The molecule has 120 valence electrons. The number of carbonyl (C=O) groups is 3. The van der Waals surface area contributed by atoms with Gasteiger partial charge in [0, 0.05) is 31.4 Å².